The Hall–Kier alpha value is -4.04. The topological polar surface area (TPSA) is 154 Å². The minimum atomic E-state index is -5.72. The number of aryl methyl sites for hydroxylation is 1. The summed E-state index contributed by atoms with van der Waals surface area (Å²) in [7, 11) is 0. The van der Waals surface area contributed by atoms with E-state index >= 15 is 0 Å². The molecule has 15 heteroatoms. The first-order valence-corrected chi connectivity index (χ1v) is 11.6. The maximum Gasteiger partial charge on any atom is 0.453 e. The number of allylic oxidation sites excluding steroid dienone is 1. The average Bonchev–Trinajstić information content (AvgIpc) is 3.51. The van der Waals surface area contributed by atoms with Crippen LogP contribution < -0.4 is 32.7 Å². The Morgan fingerprint density at radius 2 is 1.95 bits per heavy atom. The number of anilines is 2. The zero-order chi connectivity index (χ0) is 28.0. The summed E-state index contributed by atoms with van der Waals surface area (Å²) < 4.78 is 66.4. The summed E-state index contributed by atoms with van der Waals surface area (Å²) in [6, 6.07) is -0.0244. The second kappa shape index (κ2) is 9.36. The maximum absolute atomic E-state index is 13.6. The molecule has 2 amide bonds. The minimum Gasteiger partial charge on any atom is -0.405 e. The fourth-order valence-electron chi connectivity index (χ4n) is 4.12. The summed E-state index contributed by atoms with van der Waals surface area (Å²) in [5.74, 6) is -6.53. The molecule has 6 N–H and O–H groups in total. The Bertz CT molecular complexity index is 1450. The van der Waals surface area contributed by atoms with Crippen LogP contribution in [-0.2, 0) is 21.5 Å². The zero-order valence-electron chi connectivity index (χ0n) is 20.4. The number of hydrogen-bond acceptors (Lipinski definition) is 7. The number of alkyl halides is 5. The molecule has 0 aromatic carbocycles. The maximum atomic E-state index is 13.6. The lowest BCUT2D eigenvalue weighted by molar-refractivity contribution is -0.285. The van der Waals surface area contributed by atoms with Crippen molar-refractivity contribution < 1.29 is 31.5 Å². The number of nitrogens with two attached hydrogens (primary N) is 2. The highest BCUT2D eigenvalue weighted by Crippen LogP contribution is 2.41. The van der Waals surface area contributed by atoms with E-state index in [0.29, 0.717) is 0 Å². The van der Waals surface area contributed by atoms with Crippen LogP contribution in [0.1, 0.15) is 38.7 Å². The van der Waals surface area contributed by atoms with Gasteiger partial charge in [-0.2, -0.15) is 27.1 Å². The van der Waals surface area contributed by atoms with Crippen molar-refractivity contribution in [3.05, 3.63) is 28.4 Å². The predicted octanol–water partition coefficient (Wildman–Crippen LogP) is 1.05. The van der Waals surface area contributed by atoms with Crippen molar-refractivity contribution in [2.75, 3.05) is 11.1 Å². The number of hydrogen-bond donors (Lipinski definition) is 4. The van der Waals surface area contributed by atoms with Gasteiger partial charge < -0.3 is 22.1 Å². The van der Waals surface area contributed by atoms with Gasteiger partial charge in [-0.05, 0) is 45.0 Å². The van der Waals surface area contributed by atoms with Gasteiger partial charge in [0, 0.05) is 24.2 Å². The van der Waals surface area contributed by atoms with Crippen LogP contribution in [0.4, 0.5) is 33.6 Å². The van der Waals surface area contributed by atoms with Gasteiger partial charge in [-0.25, -0.2) is 9.97 Å². The van der Waals surface area contributed by atoms with Gasteiger partial charge in [0.25, 0.3) is 0 Å². The van der Waals surface area contributed by atoms with Gasteiger partial charge in [0.05, 0.1) is 10.9 Å². The molecule has 1 aliphatic heterocycles. The Kier molecular flexibility index (Phi) is 6.66. The van der Waals surface area contributed by atoms with E-state index < -0.39 is 42.3 Å². The first-order valence-electron chi connectivity index (χ1n) is 11.6. The van der Waals surface area contributed by atoms with Crippen molar-refractivity contribution >= 4 is 35.6 Å². The van der Waals surface area contributed by atoms with E-state index in [4.69, 9.17) is 11.5 Å². The van der Waals surface area contributed by atoms with Gasteiger partial charge in [-0.15, -0.1) is 0 Å². The molecule has 1 aliphatic carbocycles. The molecule has 3 heterocycles. The van der Waals surface area contributed by atoms with Crippen molar-refractivity contribution in [2.24, 2.45) is 5.73 Å². The molecule has 1 atom stereocenters. The van der Waals surface area contributed by atoms with E-state index in [1.54, 1.807) is 6.92 Å². The summed E-state index contributed by atoms with van der Waals surface area (Å²) in [6.07, 6.45) is -0.170. The lowest BCUT2D eigenvalue weighted by atomic mass is 9.83. The standard InChI is InChI=1S/C23H25F5N8O2/c1-3-13-12(5-4-9-29)15(35-36(13)10-8-22(24,25)23(26,27)28)18-32-16(30)14-17(33-18)34-20(38)21(14,2)19(37)31-11-6-7-11/h3-5,9,11H,6-8,10,29H2,1-2H3,(H,31,37)(H3,30,32,33,34,38)/b9-4-,12-5+,13-3+. The smallest absolute Gasteiger partial charge is 0.405 e. The van der Waals surface area contributed by atoms with Crippen LogP contribution in [0.15, 0.2) is 12.3 Å². The van der Waals surface area contributed by atoms with Crippen LogP contribution in [0.2, 0.25) is 0 Å². The summed E-state index contributed by atoms with van der Waals surface area (Å²) in [4.78, 5) is 34.3. The number of fused-ring (bicyclic) bond motifs is 1. The van der Waals surface area contributed by atoms with E-state index in [9.17, 15) is 31.5 Å². The molecule has 1 saturated carbocycles. The van der Waals surface area contributed by atoms with Gasteiger partial charge in [0.2, 0.25) is 11.8 Å². The molecule has 38 heavy (non-hydrogen) atoms. The zero-order valence-corrected chi connectivity index (χ0v) is 20.4. The molecule has 4 rings (SSSR count). The lowest BCUT2D eigenvalue weighted by Gasteiger charge is -2.21. The van der Waals surface area contributed by atoms with E-state index in [2.05, 4.69) is 25.7 Å². The minimum absolute atomic E-state index is 0.00805. The third-order valence-corrected chi connectivity index (χ3v) is 6.43. The molecule has 0 radical (unpaired) electrons. The summed E-state index contributed by atoms with van der Waals surface area (Å²) >= 11 is 0. The molecule has 10 nitrogen and oxygen atoms in total. The van der Waals surface area contributed by atoms with Crippen molar-refractivity contribution in [1.82, 2.24) is 25.1 Å². The molecular weight excluding hydrogens is 515 g/mol. The number of nitrogen functional groups attached to an aromatic ring is 1. The van der Waals surface area contributed by atoms with Crippen LogP contribution >= 0.6 is 0 Å². The largest absolute Gasteiger partial charge is 0.453 e. The highest BCUT2D eigenvalue weighted by molar-refractivity contribution is 6.21. The number of amides is 2. The first kappa shape index (κ1) is 27.0. The van der Waals surface area contributed by atoms with E-state index in [1.807, 2.05) is 0 Å². The van der Waals surface area contributed by atoms with Crippen LogP contribution in [0, 0.1) is 0 Å². The summed E-state index contributed by atoms with van der Waals surface area (Å²) in [5.41, 5.74) is 9.99. The van der Waals surface area contributed by atoms with Crippen molar-refractivity contribution in [1.29, 1.82) is 0 Å². The van der Waals surface area contributed by atoms with Gasteiger partial charge in [0.1, 0.15) is 17.3 Å². The highest BCUT2D eigenvalue weighted by Gasteiger charge is 2.57. The van der Waals surface area contributed by atoms with E-state index in [1.165, 1.54) is 31.4 Å². The molecule has 0 spiro atoms. The molecule has 204 valence electrons. The lowest BCUT2D eigenvalue weighted by Crippen LogP contribution is -2.48. The molecule has 2 aromatic rings. The number of halogens is 5. The van der Waals surface area contributed by atoms with E-state index in [0.717, 1.165) is 17.5 Å². The molecule has 1 fully saturated rings. The Labute approximate surface area is 212 Å². The fourth-order valence-corrected chi connectivity index (χ4v) is 4.12. The number of carbonyl (C=O) groups excluding carboxylic acids is 2. The van der Waals surface area contributed by atoms with Crippen LogP contribution in [-0.4, -0.2) is 49.7 Å². The number of carbonyl (C=O) groups is 2. The van der Waals surface area contributed by atoms with Crippen molar-refractivity contribution in [2.45, 2.75) is 63.2 Å². The number of rotatable bonds is 7. The molecule has 2 aliphatic rings. The van der Waals surface area contributed by atoms with Gasteiger partial charge >= 0.3 is 12.1 Å². The first-order chi connectivity index (χ1) is 17.7. The number of nitrogens with one attached hydrogen (secondary N) is 2. The van der Waals surface area contributed by atoms with Crippen LogP contribution in [0.25, 0.3) is 23.7 Å². The third kappa shape index (κ3) is 4.56. The second-order valence-corrected chi connectivity index (χ2v) is 9.15. The fraction of sp³-hybridized carbons (Fsp3) is 0.435. The Balaban J connectivity index is 1.81. The molecule has 1 unspecified atom stereocenters. The monoisotopic (exact) mass is 540 g/mol. The van der Waals surface area contributed by atoms with Gasteiger partial charge in [-0.3, -0.25) is 14.3 Å². The third-order valence-electron chi connectivity index (χ3n) is 6.43. The molecule has 0 bridgehead atoms. The van der Waals surface area contributed by atoms with Crippen LogP contribution in [0.5, 0.6) is 0 Å². The van der Waals surface area contributed by atoms with Crippen LogP contribution in [0.3, 0.4) is 0 Å². The highest BCUT2D eigenvalue weighted by atomic mass is 19.4. The quantitative estimate of drug-likeness (QED) is 0.302. The summed E-state index contributed by atoms with van der Waals surface area (Å²) in [6.45, 7) is 2.16. The van der Waals surface area contributed by atoms with Crippen molar-refractivity contribution in [3.8, 4) is 11.5 Å². The molecule has 0 saturated heterocycles. The van der Waals surface area contributed by atoms with E-state index in [-0.39, 0.29) is 45.3 Å². The molecular formula is C23H25F5N8O2. The Morgan fingerprint density at radius 3 is 2.53 bits per heavy atom. The number of aromatic nitrogens is 4. The number of nitrogens with zero attached hydrogens (tertiary/aromatic N) is 4. The SMILES string of the molecule is C\C=c1/c(=C\C=C/N)c(-c2nc(N)c3c(n2)NC(=O)C3(C)C(=O)NC2CC2)nn1CCC(F)(F)C(F)(F)F. The van der Waals surface area contributed by atoms with Gasteiger partial charge in [-0.1, -0.05) is 6.08 Å². The average molecular weight is 540 g/mol. The molecule has 2 aromatic heterocycles. The summed E-state index contributed by atoms with van der Waals surface area (Å²) in [5, 5.41) is 9.98. The normalized spacial score (nSPS) is 20.8. The van der Waals surface area contributed by atoms with Crippen molar-refractivity contribution in [3.63, 3.8) is 0 Å². The van der Waals surface area contributed by atoms with Gasteiger partial charge in [0.15, 0.2) is 11.2 Å². The second-order valence-electron chi connectivity index (χ2n) is 9.15. The predicted molar refractivity (Wildman–Crippen MR) is 128 cm³/mol. The Morgan fingerprint density at radius 1 is 1.26 bits per heavy atom.